The lowest BCUT2D eigenvalue weighted by atomic mass is 10.1. The van der Waals surface area contributed by atoms with Gasteiger partial charge in [0.05, 0.1) is 11.8 Å². The van der Waals surface area contributed by atoms with Gasteiger partial charge in [0.1, 0.15) is 9.21 Å². The summed E-state index contributed by atoms with van der Waals surface area (Å²) in [7, 11) is 0. The lowest BCUT2D eigenvalue weighted by molar-refractivity contribution is 0.102. The van der Waals surface area contributed by atoms with Crippen molar-refractivity contribution in [2.75, 3.05) is 10.6 Å². The van der Waals surface area contributed by atoms with E-state index in [1.807, 2.05) is 32.0 Å². The van der Waals surface area contributed by atoms with Gasteiger partial charge in [-0.2, -0.15) is 0 Å². The van der Waals surface area contributed by atoms with Gasteiger partial charge in [0.25, 0.3) is 5.91 Å². The Morgan fingerprint density at radius 3 is 2.62 bits per heavy atom. The Bertz CT molecular complexity index is 661. The summed E-state index contributed by atoms with van der Waals surface area (Å²) in [5.41, 5.74) is 1.34. The summed E-state index contributed by atoms with van der Waals surface area (Å²) in [4.78, 5) is 20.7. The van der Waals surface area contributed by atoms with E-state index in [1.165, 1.54) is 6.20 Å². The molecule has 0 aliphatic carbocycles. The van der Waals surface area contributed by atoms with Gasteiger partial charge < -0.3 is 10.6 Å². The van der Waals surface area contributed by atoms with Gasteiger partial charge in [-0.1, -0.05) is 12.1 Å². The van der Waals surface area contributed by atoms with Crippen molar-refractivity contribution in [2.24, 2.45) is 0 Å². The fourth-order valence-corrected chi connectivity index (χ4v) is 2.63. The van der Waals surface area contributed by atoms with E-state index in [9.17, 15) is 4.79 Å². The highest BCUT2D eigenvalue weighted by Gasteiger charge is 2.14. The summed E-state index contributed by atoms with van der Waals surface area (Å²) in [5, 5.41) is 5.99. The highest BCUT2D eigenvalue weighted by molar-refractivity contribution is 9.11. The Morgan fingerprint density at radius 1 is 1.24 bits per heavy atom. The summed E-state index contributed by atoms with van der Waals surface area (Å²) >= 11 is 6.49. The maximum absolute atomic E-state index is 12.4. The standard InChI is InChI=1S/C14H14Br2N4O/c1-8(2)18-10-6-4-3-5-9(10)14(21)20-13-12(16)19-11(15)7-17-13/h3-8,18H,1-2H3,(H,17,20,21). The molecule has 110 valence electrons. The molecule has 21 heavy (non-hydrogen) atoms. The van der Waals surface area contributed by atoms with E-state index in [2.05, 4.69) is 52.5 Å². The molecule has 2 N–H and O–H groups in total. The van der Waals surface area contributed by atoms with Crippen molar-refractivity contribution in [3.05, 3.63) is 45.2 Å². The van der Waals surface area contributed by atoms with E-state index in [-0.39, 0.29) is 11.9 Å². The lowest BCUT2D eigenvalue weighted by Gasteiger charge is -2.14. The molecule has 2 rings (SSSR count). The highest BCUT2D eigenvalue weighted by Crippen LogP contribution is 2.22. The minimum Gasteiger partial charge on any atom is -0.382 e. The number of hydrogen-bond donors (Lipinski definition) is 2. The molecule has 0 atom stereocenters. The van der Waals surface area contributed by atoms with E-state index in [0.29, 0.717) is 20.6 Å². The molecule has 0 unspecified atom stereocenters. The van der Waals surface area contributed by atoms with E-state index in [1.54, 1.807) is 6.07 Å². The second-order valence-corrected chi connectivity index (χ2v) is 6.19. The molecule has 0 radical (unpaired) electrons. The van der Waals surface area contributed by atoms with E-state index in [0.717, 1.165) is 5.69 Å². The SMILES string of the molecule is CC(C)Nc1ccccc1C(=O)Nc1ncc(Br)nc1Br. The number of anilines is 2. The lowest BCUT2D eigenvalue weighted by Crippen LogP contribution is -2.18. The Kier molecular flexibility index (Phi) is 5.30. The van der Waals surface area contributed by atoms with Crippen LogP contribution in [-0.4, -0.2) is 21.9 Å². The molecule has 0 fully saturated rings. The zero-order valence-corrected chi connectivity index (χ0v) is 14.7. The molecule has 5 nitrogen and oxygen atoms in total. The van der Waals surface area contributed by atoms with Crippen LogP contribution in [0.3, 0.4) is 0 Å². The van der Waals surface area contributed by atoms with Gasteiger partial charge >= 0.3 is 0 Å². The monoisotopic (exact) mass is 412 g/mol. The summed E-state index contributed by atoms with van der Waals surface area (Å²) in [6, 6.07) is 7.58. The summed E-state index contributed by atoms with van der Waals surface area (Å²) in [6.45, 7) is 4.04. The Balaban J connectivity index is 2.24. The second-order valence-electron chi connectivity index (χ2n) is 4.63. The quantitative estimate of drug-likeness (QED) is 0.792. The van der Waals surface area contributed by atoms with Crippen LogP contribution < -0.4 is 10.6 Å². The maximum Gasteiger partial charge on any atom is 0.258 e. The summed E-state index contributed by atoms with van der Waals surface area (Å²) in [5.74, 6) is 0.138. The van der Waals surface area contributed by atoms with E-state index >= 15 is 0 Å². The Hall–Kier alpha value is -1.47. The first kappa shape index (κ1) is 15.9. The van der Waals surface area contributed by atoms with Crippen LogP contribution >= 0.6 is 31.9 Å². The molecular weight excluding hydrogens is 400 g/mol. The predicted molar refractivity (Wildman–Crippen MR) is 90.6 cm³/mol. The maximum atomic E-state index is 12.4. The fraction of sp³-hybridized carbons (Fsp3) is 0.214. The largest absolute Gasteiger partial charge is 0.382 e. The van der Waals surface area contributed by atoms with Crippen molar-refractivity contribution >= 4 is 49.3 Å². The number of carbonyl (C=O) groups excluding carboxylic acids is 1. The normalized spacial score (nSPS) is 10.5. The first-order chi connectivity index (χ1) is 9.97. The number of nitrogens with one attached hydrogen (secondary N) is 2. The molecule has 7 heteroatoms. The number of benzene rings is 1. The van der Waals surface area contributed by atoms with Crippen LogP contribution in [0.1, 0.15) is 24.2 Å². The number of aromatic nitrogens is 2. The number of rotatable bonds is 4. The van der Waals surface area contributed by atoms with Crippen LogP contribution in [0.25, 0.3) is 0 Å². The third-order valence-electron chi connectivity index (χ3n) is 2.55. The van der Waals surface area contributed by atoms with Gasteiger partial charge in [0.15, 0.2) is 5.82 Å². The molecule has 0 saturated carbocycles. The molecule has 2 aromatic rings. The third-order valence-corrected chi connectivity index (χ3v) is 3.48. The van der Waals surface area contributed by atoms with Gasteiger partial charge in [-0.15, -0.1) is 0 Å². The van der Waals surface area contributed by atoms with Gasteiger partial charge in [0.2, 0.25) is 0 Å². The van der Waals surface area contributed by atoms with Crippen LogP contribution in [-0.2, 0) is 0 Å². The first-order valence-electron chi connectivity index (χ1n) is 6.32. The minimum absolute atomic E-state index is 0.234. The van der Waals surface area contributed by atoms with Crippen molar-refractivity contribution in [3.8, 4) is 0 Å². The van der Waals surface area contributed by atoms with Crippen LogP contribution in [0.5, 0.6) is 0 Å². The topological polar surface area (TPSA) is 66.9 Å². The molecule has 1 aromatic carbocycles. The van der Waals surface area contributed by atoms with Crippen molar-refractivity contribution in [1.29, 1.82) is 0 Å². The van der Waals surface area contributed by atoms with Gasteiger partial charge in [-0.3, -0.25) is 4.79 Å². The van der Waals surface area contributed by atoms with Gasteiger partial charge in [-0.05, 0) is 57.8 Å². The van der Waals surface area contributed by atoms with Crippen LogP contribution in [0.15, 0.2) is 39.7 Å². The molecule has 1 amide bonds. The number of hydrogen-bond acceptors (Lipinski definition) is 4. The highest BCUT2D eigenvalue weighted by atomic mass is 79.9. The Morgan fingerprint density at radius 2 is 1.95 bits per heavy atom. The number of carbonyl (C=O) groups is 1. The zero-order valence-electron chi connectivity index (χ0n) is 11.5. The number of amides is 1. The minimum atomic E-state index is -0.240. The molecule has 0 spiro atoms. The van der Waals surface area contributed by atoms with Gasteiger partial charge in [-0.25, -0.2) is 9.97 Å². The zero-order chi connectivity index (χ0) is 15.4. The molecule has 0 bridgehead atoms. The van der Waals surface area contributed by atoms with Crippen LogP contribution in [0, 0.1) is 0 Å². The fourth-order valence-electron chi connectivity index (χ4n) is 1.72. The van der Waals surface area contributed by atoms with Gasteiger partial charge in [0, 0.05) is 11.7 Å². The smallest absolute Gasteiger partial charge is 0.258 e. The summed E-state index contributed by atoms with van der Waals surface area (Å²) < 4.78 is 1.06. The number of nitrogens with zero attached hydrogens (tertiary/aromatic N) is 2. The molecule has 0 aliphatic rings. The molecule has 1 aromatic heterocycles. The third kappa shape index (κ3) is 4.25. The number of halogens is 2. The molecular formula is C14H14Br2N4O. The van der Waals surface area contributed by atoms with Crippen LogP contribution in [0.2, 0.25) is 0 Å². The Labute approximate surface area is 139 Å². The van der Waals surface area contributed by atoms with Crippen molar-refractivity contribution in [3.63, 3.8) is 0 Å². The summed E-state index contributed by atoms with van der Waals surface area (Å²) in [6.07, 6.45) is 1.53. The first-order valence-corrected chi connectivity index (χ1v) is 7.91. The predicted octanol–water partition coefficient (Wildman–Crippen LogP) is 4.07. The van der Waals surface area contributed by atoms with Crippen molar-refractivity contribution in [2.45, 2.75) is 19.9 Å². The van der Waals surface area contributed by atoms with E-state index in [4.69, 9.17) is 0 Å². The van der Waals surface area contributed by atoms with Crippen LogP contribution in [0.4, 0.5) is 11.5 Å². The van der Waals surface area contributed by atoms with Crippen molar-refractivity contribution in [1.82, 2.24) is 9.97 Å². The molecule has 0 aliphatic heterocycles. The van der Waals surface area contributed by atoms with E-state index < -0.39 is 0 Å². The second kappa shape index (κ2) is 7.00. The molecule has 1 heterocycles. The average Bonchev–Trinajstić information content (AvgIpc) is 2.42. The number of para-hydroxylation sites is 1. The average molecular weight is 414 g/mol. The molecule has 0 saturated heterocycles. The van der Waals surface area contributed by atoms with Crippen molar-refractivity contribution < 1.29 is 4.79 Å².